The number of rotatable bonds is 8. The molecule has 1 rings (SSSR count). The summed E-state index contributed by atoms with van der Waals surface area (Å²) < 4.78 is 10.6. The van der Waals surface area contributed by atoms with E-state index in [4.69, 9.17) is 21.1 Å². The van der Waals surface area contributed by atoms with E-state index in [1.807, 2.05) is 27.7 Å². The Balaban J connectivity index is 2.72. The highest BCUT2D eigenvalue weighted by Gasteiger charge is 2.15. The third-order valence-corrected chi connectivity index (χ3v) is 3.44. The normalized spacial score (nSPS) is 10.9. The van der Waals surface area contributed by atoms with Gasteiger partial charge in [-0.1, -0.05) is 39.3 Å². The van der Waals surface area contributed by atoms with Crippen LogP contribution < -0.4 is 9.47 Å². The van der Waals surface area contributed by atoms with Gasteiger partial charge in [0.1, 0.15) is 0 Å². The maximum absolute atomic E-state index is 11.9. The lowest BCUT2D eigenvalue weighted by Gasteiger charge is -2.12. The standard InChI is InChI=1S/C18H25ClO4/c1-12(2)5-9-17(20)22-15-8-7-14(19)11-16(15)23-18(21)10-6-13(3)4/h7-8,11-13H,5-6,9-10H2,1-4H3. The molecule has 0 bridgehead atoms. The predicted molar refractivity (Wildman–Crippen MR) is 90.9 cm³/mol. The lowest BCUT2D eigenvalue weighted by molar-refractivity contribution is -0.137. The van der Waals surface area contributed by atoms with Gasteiger partial charge in [0, 0.05) is 23.9 Å². The Hall–Kier alpha value is -1.55. The largest absolute Gasteiger partial charge is 0.423 e. The quantitative estimate of drug-likeness (QED) is 0.492. The molecule has 0 unspecified atom stereocenters. The molecule has 5 heteroatoms. The number of hydrogen-bond donors (Lipinski definition) is 0. The summed E-state index contributed by atoms with van der Waals surface area (Å²) in [6.07, 6.45) is 2.12. The highest BCUT2D eigenvalue weighted by atomic mass is 35.5. The number of esters is 2. The molecule has 0 amide bonds. The molecule has 0 aliphatic rings. The van der Waals surface area contributed by atoms with Crippen LogP contribution in [0.3, 0.4) is 0 Å². The van der Waals surface area contributed by atoms with Crippen molar-refractivity contribution in [2.75, 3.05) is 0 Å². The van der Waals surface area contributed by atoms with E-state index in [0.29, 0.717) is 29.7 Å². The van der Waals surface area contributed by atoms with Gasteiger partial charge in [0.2, 0.25) is 0 Å². The summed E-state index contributed by atoms with van der Waals surface area (Å²) in [7, 11) is 0. The van der Waals surface area contributed by atoms with Crippen LogP contribution in [0.2, 0.25) is 5.02 Å². The molecule has 0 aliphatic carbocycles. The van der Waals surface area contributed by atoms with Crippen LogP contribution in [0, 0.1) is 11.8 Å². The van der Waals surface area contributed by atoms with Crippen LogP contribution >= 0.6 is 11.6 Å². The Morgan fingerprint density at radius 2 is 1.39 bits per heavy atom. The number of ether oxygens (including phenoxy) is 2. The summed E-state index contributed by atoms with van der Waals surface area (Å²) in [5, 5.41) is 0.415. The molecule has 0 heterocycles. The van der Waals surface area contributed by atoms with Gasteiger partial charge < -0.3 is 9.47 Å². The van der Waals surface area contributed by atoms with Crippen LogP contribution in [0.25, 0.3) is 0 Å². The summed E-state index contributed by atoms with van der Waals surface area (Å²) >= 11 is 5.94. The second kappa shape index (κ2) is 9.56. The Labute approximate surface area is 143 Å². The molecule has 4 nitrogen and oxygen atoms in total. The van der Waals surface area contributed by atoms with E-state index in [-0.39, 0.29) is 23.4 Å². The molecule has 0 fully saturated rings. The van der Waals surface area contributed by atoms with Crippen LogP contribution in [-0.2, 0) is 9.59 Å². The van der Waals surface area contributed by atoms with E-state index in [0.717, 1.165) is 12.8 Å². The summed E-state index contributed by atoms with van der Waals surface area (Å²) in [5.41, 5.74) is 0. The topological polar surface area (TPSA) is 52.6 Å². The fraction of sp³-hybridized carbons (Fsp3) is 0.556. The van der Waals surface area contributed by atoms with Gasteiger partial charge in [-0.05, 0) is 36.8 Å². The van der Waals surface area contributed by atoms with Gasteiger partial charge in [-0.3, -0.25) is 9.59 Å². The monoisotopic (exact) mass is 340 g/mol. The third kappa shape index (κ3) is 8.03. The second-order valence-electron chi connectivity index (χ2n) is 6.40. The fourth-order valence-corrected chi connectivity index (χ4v) is 1.97. The number of halogens is 1. The number of carbonyl (C=O) groups is 2. The molecular weight excluding hydrogens is 316 g/mol. The summed E-state index contributed by atoms with van der Waals surface area (Å²) in [6.45, 7) is 8.15. The number of benzene rings is 1. The van der Waals surface area contributed by atoms with Crippen molar-refractivity contribution in [2.45, 2.75) is 53.4 Å². The summed E-state index contributed by atoms with van der Waals surface area (Å²) in [6, 6.07) is 4.62. The molecule has 0 spiro atoms. The molecule has 0 aliphatic heterocycles. The van der Waals surface area contributed by atoms with Crippen LogP contribution in [0.5, 0.6) is 11.5 Å². The van der Waals surface area contributed by atoms with Crippen LogP contribution in [0.15, 0.2) is 18.2 Å². The number of hydrogen-bond acceptors (Lipinski definition) is 4. The van der Waals surface area contributed by atoms with Gasteiger partial charge in [0.05, 0.1) is 0 Å². The number of carbonyl (C=O) groups excluding carboxylic acids is 2. The Bertz CT molecular complexity index is 538. The van der Waals surface area contributed by atoms with Gasteiger partial charge in [-0.2, -0.15) is 0 Å². The Kier molecular flexibility index (Phi) is 8.10. The molecule has 1 aromatic rings. The van der Waals surface area contributed by atoms with Crippen molar-refractivity contribution in [1.82, 2.24) is 0 Å². The highest BCUT2D eigenvalue weighted by molar-refractivity contribution is 6.30. The van der Waals surface area contributed by atoms with Crippen LogP contribution in [0.1, 0.15) is 53.4 Å². The minimum Gasteiger partial charge on any atom is -0.423 e. The molecule has 128 valence electrons. The molecule has 0 saturated heterocycles. The minimum atomic E-state index is -0.361. The van der Waals surface area contributed by atoms with Crippen molar-refractivity contribution in [1.29, 1.82) is 0 Å². The predicted octanol–water partition coefficient (Wildman–Crippen LogP) is 5.02. The van der Waals surface area contributed by atoms with Gasteiger partial charge in [-0.15, -0.1) is 0 Å². The Morgan fingerprint density at radius 1 is 0.913 bits per heavy atom. The van der Waals surface area contributed by atoms with Gasteiger partial charge in [0.25, 0.3) is 0 Å². The molecular formula is C18H25ClO4. The maximum Gasteiger partial charge on any atom is 0.311 e. The van der Waals surface area contributed by atoms with E-state index in [1.54, 1.807) is 12.1 Å². The average Bonchev–Trinajstić information content (AvgIpc) is 2.46. The van der Waals surface area contributed by atoms with E-state index >= 15 is 0 Å². The molecule has 0 radical (unpaired) electrons. The second-order valence-corrected chi connectivity index (χ2v) is 6.84. The molecule has 0 saturated carbocycles. The maximum atomic E-state index is 11.9. The van der Waals surface area contributed by atoms with E-state index in [2.05, 4.69) is 0 Å². The molecule has 0 N–H and O–H groups in total. The summed E-state index contributed by atoms with van der Waals surface area (Å²) in [4.78, 5) is 23.7. The van der Waals surface area contributed by atoms with E-state index < -0.39 is 0 Å². The van der Waals surface area contributed by atoms with Crippen molar-refractivity contribution in [3.63, 3.8) is 0 Å². The SMILES string of the molecule is CC(C)CCC(=O)Oc1ccc(Cl)cc1OC(=O)CCC(C)C. The zero-order valence-corrected chi connectivity index (χ0v) is 15.0. The molecule has 1 aromatic carbocycles. The first kappa shape index (κ1) is 19.5. The van der Waals surface area contributed by atoms with Gasteiger partial charge in [0.15, 0.2) is 11.5 Å². The first-order chi connectivity index (χ1) is 10.8. The van der Waals surface area contributed by atoms with Gasteiger partial charge >= 0.3 is 11.9 Å². The molecule has 23 heavy (non-hydrogen) atoms. The Morgan fingerprint density at radius 3 is 1.87 bits per heavy atom. The molecule has 0 aromatic heterocycles. The zero-order chi connectivity index (χ0) is 17.4. The van der Waals surface area contributed by atoms with Crippen LogP contribution in [-0.4, -0.2) is 11.9 Å². The van der Waals surface area contributed by atoms with Crippen molar-refractivity contribution in [3.8, 4) is 11.5 Å². The lowest BCUT2D eigenvalue weighted by atomic mass is 10.1. The van der Waals surface area contributed by atoms with Gasteiger partial charge in [-0.25, -0.2) is 0 Å². The van der Waals surface area contributed by atoms with Crippen LogP contribution in [0.4, 0.5) is 0 Å². The minimum absolute atomic E-state index is 0.184. The van der Waals surface area contributed by atoms with E-state index in [1.165, 1.54) is 6.07 Å². The van der Waals surface area contributed by atoms with Crippen molar-refractivity contribution < 1.29 is 19.1 Å². The zero-order valence-electron chi connectivity index (χ0n) is 14.2. The molecule has 0 atom stereocenters. The smallest absolute Gasteiger partial charge is 0.311 e. The summed E-state index contributed by atoms with van der Waals surface area (Å²) in [5.74, 6) is 0.530. The van der Waals surface area contributed by atoms with Crippen molar-refractivity contribution in [2.24, 2.45) is 11.8 Å². The fourth-order valence-electron chi connectivity index (χ4n) is 1.81. The first-order valence-electron chi connectivity index (χ1n) is 7.98. The average molecular weight is 341 g/mol. The lowest BCUT2D eigenvalue weighted by Crippen LogP contribution is -2.13. The third-order valence-electron chi connectivity index (χ3n) is 3.20. The van der Waals surface area contributed by atoms with E-state index in [9.17, 15) is 9.59 Å². The van der Waals surface area contributed by atoms with Crippen molar-refractivity contribution >= 4 is 23.5 Å². The van der Waals surface area contributed by atoms with Crippen molar-refractivity contribution in [3.05, 3.63) is 23.2 Å². The first-order valence-corrected chi connectivity index (χ1v) is 8.36. The highest BCUT2D eigenvalue weighted by Crippen LogP contribution is 2.31.